The Morgan fingerprint density at radius 2 is 2.19 bits per heavy atom. The van der Waals surface area contributed by atoms with Crippen molar-refractivity contribution < 1.29 is 4.79 Å². The molecule has 1 aliphatic heterocycles. The lowest BCUT2D eigenvalue weighted by Gasteiger charge is -2.41. The summed E-state index contributed by atoms with van der Waals surface area (Å²) in [6.07, 6.45) is 6.25. The molecular weight excluding hydrogens is 328 g/mol. The van der Waals surface area contributed by atoms with Crippen LogP contribution in [0, 0.1) is 5.41 Å². The largest absolute Gasteiger partial charge is 0.336 e. The van der Waals surface area contributed by atoms with Gasteiger partial charge in [0, 0.05) is 17.4 Å². The van der Waals surface area contributed by atoms with Gasteiger partial charge in [0.2, 0.25) is 5.91 Å². The Kier molecular flexibility index (Phi) is 4.36. The van der Waals surface area contributed by atoms with Gasteiger partial charge in [0.15, 0.2) is 0 Å². The van der Waals surface area contributed by atoms with Crippen LogP contribution in [0.1, 0.15) is 50.1 Å². The SMILES string of the molecule is NCC1(CC(=O)N2CCCC2c2cccc(Br)c2)CCC1. The summed E-state index contributed by atoms with van der Waals surface area (Å²) < 4.78 is 1.08. The number of halogens is 1. The standard InChI is InChI=1S/C17H23BrN2O/c18-14-5-1-4-13(10-14)15-6-2-9-20(15)16(21)11-17(12-19)7-3-8-17/h1,4-5,10,15H,2-3,6-9,11-12,19H2. The van der Waals surface area contributed by atoms with Crippen molar-refractivity contribution in [1.29, 1.82) is 0 Å². The summed E-state index contributed by atoms with van der Waals surface area (Å²) in [5.41, 5.74) is 7.24. The van der Waals surface area contributed by atoms with Crippen molar-refractivity contribution in [3.05, 3.63) is 34.3 Å². The number of carbonyl (C=O) groups is 1. The van der Waals surface area contributed by atoms with Crippen molar-refractivity contribution in [3.63, 3.8) is 0 Å². The molecule has 21 heavy (non-hydrogen) atoms. The number of nitrogens with two attached hydrogens (primary N) is 1. The van der Waals surface area contributed by atoms with E-state index in [1.54, 1.807) is 0 Å². The predicted molar refractivity (Wildman–Crippen MR) is 87.8 cm³/mol. The van der Waals surface area contributed by atoms with E-state index in [0.29, 0.717) is 18.9 Å². The van der Waals surface area contributed by atoms with Gasteiger partial charge in [-0.2, -0.15) is 0 Å². The molecule has 1 aliphatic carbocycles. The summed E-state index contributed by atoms with van der Waals surface area (Å²) in [4.78, 5) is 14.8. The van der Waals surface area contributed by atoms with Gasteiger partial charge >= 0.3 is 0 Å². The maximum Gasteiger partial charge on any atom is 0.223 e. The summed E-state index contributed by atoms with van der Waals surface area (Å²) in [7, 11) is 0. The molecule has 114 valence electrons. The summed E-state index contributed by atoms with van der Waals surface area (Å²) in [6, 6.07) is 8.59. The number of rotatable bonds is 4. The monoisotopic (exact) mass is 350 g/mol. The third-order valence-corrected chi connectivity index (χ3v) is 5.67. The van der Waals surface area contributed by atoms with Crippen molar-refractivity contribution in [3.8, 4) is 0 Å². The van der Waals surface area contributed by atoms with Gasteiger partial charge in [-0.1, -0.05) is 34.5 Å². The molecule has 2 aliphatic rings. The Morgan fingerprint density at radius 1 is 1.38 bits per heavy atom. The lowest BCUT2D eigenvalue weighted by Crippen LogP contribution is -2.43. The second kappa shape index (κ2) is 6.09. The van der Waals surface area contributed by atoms with E-state index in [9.17, 15) is 4.79 Å². The molecule has 1 saturated heterocycles. The molecule has 1 atom stereocenters. The van der Waals surface area contributed by atoms with Crippen LogP contribution in [0.2, 0.25) is 0 Å². The van der Waals surface area contributed by atoms with Crippen molar-refractivity contribution in [2.75, 3.05) is 13.1 Å². The molecule has 1 aromatic carbocycles. The average molecular weight is 351 g/mol. The molecule has 1 heterocycles. The maximum atomic E-state index is 12.7. The molecule has 1 amide bonds. The lowest BCUT2D eigenvalue weighted by molar-refractivity contribution is -0.136. The Bertz CT molecular complexity index is 522. The van der Waals surface area contributed by atoms with Gasteiger partial charge < -0.3 is 10.6 Å². The van der Waals surface area contributed by atoms with Gasteiger partial charge in [-0.15, -0.1) is 0 Å². The first-order valence-electron chi connectivity index (χ1n) is 7.89. The minimum absolute atomic E-state index is 0.0987. The van der Waals surface area contributed by atoms with E-state index in [4.69, 9.17) is 5.73 Å². The Labute approximate surface area is 135 Å². The van der Waals surface area contributed by atoms with Crippen LogP contribution in [-0.2, 0) is 4.79 Å². The average Bonchev–Trinajstić information content (AvgIpc) is 2.92. The van der Waals surface area contributed by atoms with Gasteiger partial charge in [0.1, 0.15) is 0 Å². The highest BCUT2D eigenvalue weighted by molar-refractivity contribution is 9.10. The van der Waals surface area contributed by atoms with Crippen LogP contribution < -0.4 is 5.73 Å². The molecule has 3 nitrogen and oxygen atoms in total. The third-order valence-electron chi connectivity index (χ3n) is 5.18. The quantitative estimate of drug-likeness (QED) is 0.900. The van der Waals surface area contributed by atoms with E-state index in [0.717, 1.165) is 36.7 Å². The third kappa shape index (κ3) is 3.02. The molecule has 4 heteroatoms. The molecule has 1 unspecified atom stereocenters. The molecule has 0 aromatic heterocycles. The number of carbonyl (C=O) groups excluding carboxylic acids is 1. The molecule has 3 rings (SSSR count). The first-order chi connectivity index (χ1) is 10.1. The van der Waals surface area contributed by atoms with Crippen LogP contribution in [-0.4, -0.2) is 23.9 Å². The van der Waals surface area contributed by atoms with E-state index in [1.807, 2.05) is 12.1 Å². The van der Waals surface area contributed by atoms with Gasteiger partial charge in [-0.3, -0.25) is 4.79 Å². The first-order valence-corrected chi connectivity index (χ1v) is 8.68. The molecule has 2 N–H and O–H groups in total. The number of hydrogen-bond donors (Lipinski definition) is 1. The van der Waals surface area contributed by atoms with Crippen molar-refractivity contribution >= 4 is 21.8 Å². The predicted octanol–water partition coefficient (Wildman–Crippen LogP) is 3.63. The van der Waals surface area contributed by atoms with E-state index in [-0.39, 0.29) is 11.5 Å². The van der Waals surface area contributed by atoms with Crippen LogP contribution in [0.3, 0.4) is 0 Å². The Morgan fingerprint density at radius 3 is 2.81 bits per heavy atom. The Hall–Kier alpha value is -0.870. The van der Waals surface area contributed by atoms with Gasteiger partial charge in [0.25, 0.3) is 0 Å². The zero-order valence-corrected chi connectivity index (χ0v) is 13.9. The topological polar surface area (TPSA) is 46.3 Å². The summed E-state index contributed by atoms with van der Waals surface area (Å²) in [5, 5.41) is 0. The van der Waals surface area contributed by atoms with Crippen LogP contribution in [0.15, 0.2) is 28.7 Å². The van der Waals surface area contributed by atoms with Gasteiger partial charge in [-0.25, -0.2) is 0 Å². The molecule has 1 saturated carbocycles. The fourth-order valence-corrected chi connectivity index (χ4v) is 4.09. The smallest absolute Gasteiger partial charge is 0.223 e. The number of amides is 1. The number of hydrogen-bond acceptors (Lipinski definition) is 2. The normalized spacial score (nSPS) is 23.9. The number of likely N-dealkylation sites (tertiary alicyclic amines) is 1. The fourth-order valence-electron chi connectivity index (χ4n) is 3.68. The highest BCUT2D eigenvalue weighted by Crippen LogP contribution is 2.44. The van der Waals surface area contributed by atoms with Gasteiger partial charge in [-0.05, 0) is 55.3 Å². The van der Waals surface area contributed by atoms with Crippen LogP contribution >= 0.6 is 15.9 Å². The van der Waals surface area contributed by atoms with E-state index in [1.165, 1.54) is 12.0 Å². The molecule has 0 spiro atoms. The fraction of sp³-hybridized carbons (Fsp3) is 0.588. The summed E-state index contributed by atoms with van der Waals surface area (Å²) in [5.74, 6) is 0.294. The molecule has 2 fully saturated rings. The second-order valence-corrected chi connectivity index (χ2v) is 7.45. The van der Waals surface area contributed by atoms with Crippen LogP contribution in [0.25, 0.3) is 0 Å². The molecule has 0 bridgehead atoms. The van der Waals surface area contributed by atoms with Crippen molar-refractivity contribution in [1.82, 2.24) is 4.90 Å². The Balaban J connectivity index is 1.73. The zero-order valence-electron chi connectivity index (χ0n) is 12.4. The number of nitrogens with zero attached hydrogens (tertiary/aromatic N) is 1. The van der Waals surface area contributed by atoms with Gasteiger partial charge in [0.05, 0.1) is 6.04 Å². The van der Waals surface area contributed by atoms with E-state index in [2.05, 4.69) is 33.0 Å². The van der Waals surface area contributed by atoms with E-state index >= 15 is 0 Å². The number of benzene rings is 1. The molecule has 0 radical (unpaired) electrons. The molecular formula is C17H23BrN2O. The highest BCUT2D eigenvalue weighted by Gasteiger charge is 2.40. The molecule has 1 aromatic rings. The minimum atomic E-state index is 0.0987. The minimum Gasteiger partial charge on any atom is -0.336 e. The zero-order chi connectivity index (χ0) is 14.9. The summed E-state index contributed by atoms with van der Waals surface area (Å²) >= 11 is 3.53. The lowest BCUT2D eigenvalue weighted by atomic mass is 9.66. The van der Waals surface area contributed by atoms with Crippen molar-refractivity contribution in [2.45, 2.75) is 44.6 Å². The first kappa shape index (κ1) is 15.0. The van der Waals surface area contributed by atoms with E-state index < -0.39 is 0 Å². The summed E-state index contributed by atoms with van der Waals surface area (Å²) in [6.45, 7) is 1.53. The van der Waals surface area contributed by atoms with Crippen LogP contribution in [0.4, 0.5) is 0 Å². The van der Waals surface area contributed by atoms with Crippen LogP contribution in [0.5, 0.6) is 0 Å². The maximum absolute atomic E-state index is 12.7. The highest BCUT2D eigenvalue weighted by atomic mass is 79.9. The second-order valence-electron chi connectivity index (χ2n) is 6.53. The van der Waals surface area contributed by atoms with Crippen molar-refractivity contribution in [2.24, 2.45) is 11.1 Å².